The van der Waals surface area contributed by atoms with E-state index in [1.54, 1.807) is 12.1 Å². The summed E-state index contributed by atoms with van der Waals surface area (Å²) in [5, 5.41) is 3.97. The van der Waals surface area contributed by atoms with E-state index in [1.165, 1.54) is 16.9 Å². The summed E-state index contributed by atoms with van der Waals surface area (Å²) < 4.78 is 0.922. The number of halogens is 1. The number of aromatic nitrogens is 1. The summed E-state index contributed by atoms with van der Waals surface area (Å²) in [6.07, 6.45) is 0.422. The predicted molar refractivity (Wildman–Crippen MR) is 145 cm³/mol. The molecule has 35 heavy (non-hydrogen) atoms. The van der Waals surface area contributed by atoms with Crippen molar-refractivity contribution in [2.24, 2.45) is 5.92 Å². The van der Waals surface area contributed by atoms with Gasteiger partial charge in [-0.05, 0) is 49.0 Å². The minimum atomic E-state index is -0.215. The number of rotatable bonds is 9. The maximum absolute atomic E-state index is 12.7. The highest BCUT2D eigenvalue weighted by Crippen LogP contribution is 2.30. The van der Waals surface area contributed by atoms with Crippen molar-refractivity contribution in [1.29, 1.82) is 0 Å². The molecule has 0 spiro atoms. The molecule has 1 aliphatic heterocycles. The molecule has 0 radical (unpaired) electrons. The van der Waals surface area contributed by atoms with Crippen LogP contribution in [-0.4, -0.2) is 54.4 Å². The number of likely N-dealkylation sites (N-methyl/N-ethyl adjacent to an activating group) is 1. The highest BCUT2D eigenvalue weighted by molar-refractivity contribution is 7.20. The lowest BCUT2D eigenvalue weighted by molar-refractivity contribution is -0.117. The first-order valence-electron chi connectivity index (χ1n) is 12.2. The molecule has 1 atom stereocenters. The Hall–Kier alpha value is -2.48. The number of anilines is 1. The Morgan fingerprint density at radius 1 is 1.20 bits per heavy atom. The molecule has 1 fully saturated rings. The Morgan fingerprint density at radius 2 is 1.91 bits per heavy atom. The molecule has 1 aromatic heterocycles. The van der Waals surface area contributed by atoms with Crippen LogP contribution < -0.4 is 10.2 Å². The molecular formula is C27H33ClN4O2S. The SMILES string of the molecule is CCN(CC)CC(C)(C)c1ccc(N2CC(CNC(=O)c3nc4cc(Cl)ccc4s3)CC2=O)cc1. The molecule has 1 aliphatic rings. The number of benzene rings is 2. The third-order valence-corrected chi connectivity index (χ3v) is 8.04. The van der Waals surface area contributed by atoms with Gasteiger partial charge in [0.1, 0.15) is 0 Å². The zero-order chi connectivity index (χ0) is 25.2. The van der Waals surface area contributed by atoms with Crippen molar-refractivity contribution in [1.82, 2.24) is 15.2 Å². The Morgan fingerprint density at radius 3 is 2.60 bits per heavy atom. The van der Waals surface area contributed by atoms with Crippen molar-refractivity contribution >= 4 is 50.7 Å². The number of nitrogens with zero attached hydrogens (tertiary/aromatic N) is 3. The molecule has 2 amide bonds. The first-order chi connectivity index (χ1) is 16.7. The number of hydrogen-bond acceptors (Lipinski definition) is 5. The summed E-state index contributed by atoms with van der Waals surface area (Å²) in [5.74, 6) is -0.0592. The van der Waals surface area contributed by atoms with E-state index >= 15 is 0 Å². The van der Waals surface area contributed by atoms with Crippen LogP contribution in [0.3, 0.4) is 0 Å². The number of amides is 2. The molecule has 0 saturated carbocycles. The molecule has 186 valence electrons. The molecule has 1 unspecified atom stereocenters. The zero-order valence-electron chi connectivity index (χ0n) is 20.8. The lowest BCUT2D eigenvalue weighted by Gasteiger charge is -2.32. The van der Waals surface area contributed by atoms with Gasteiger partial charge in [-0.2, -0.15) is 0 Å². The van der Waals surface area contributed by atoms with Gasteiger partial charge in [-0.3, -0.25) is 9.59 Å². The van der Waals surface area contributed by atoms with E-state index in [0.717, 1.165) is 35.5 Å². The summed E-state index contributed by atoms with van der Waals surface area (Å²) in [6, 6.07) is 13.8. The van der Waals surface area contributed by atoms with Gasteiger partial charge >= 0.3 is 0 Å². The van der Waals surface area contributed by atoms with Crippen LogP contribution in [0, 0.1) is 5.92 Å². The number of nitrogens with one attached hydrogen (secondary N) is 1. The van der Waals surface area contributed by atoms with Gasteiger partial charge in [0.15, 0.2) is 5.01 Å². The normalized spacial score (nSPS) is 16.5. The maximum Gasteiger partial charge on any atom is 0.280 e. The quantitative estimate of drug-likeness (QED) is 0.419. The van der Waals surface area contributed by atoms with Crippen LogP contribution in [0.15, 0.2) is 42.5 Å². The van der Waals surface area contributed by atoms with Crippen molar-refractivity contribution < 1.29 is 9.59 Å². The second-order valence-electron chi connectivity index (χ2n) is 9.81. The molecule has 0 aliphatic carbocycles. The monoisotopic (exact) mass is 512 g/mol. The molecule has 2 aromatic carbocycles. The number of carbonyl (C=O) groups is 2. The third-order valence-electron chi connectivity index (χ3n) is 6.77. The van der Waals surface area contributed by atoms with Crippen LogP contribution in [0.2, 0.25) is 5.02 Å². The van der Waals surface area contributed by atoms with Crippen LogP contribution in [0.5, 0.6) is 0 Å². The predicted octanol–water partition coefficient (Wildman–Crippen LogP) is 5.35. The van der Waals surface area contributed by atoms with Crippen LogP contribution in [0.1, 0.15) is 49.5 Å². The molecule has 2 heterocycles. The van der Waals surface area contributed by atoms with E-state index in [2.05, 4.69) is 55.0 Å². The average Bonchev–Trinajstić information content (AvgIpc) is 3.44. The van der Waals surface area contributed by atoms with Crippen molar-refractivity contribution in [3.05, 3.63) is 58.1 Å². The van der Waals surface area contributed by atoms with E-state index in [4.69, 9.17) is 11.6 Å². The van der Waals surface area contributed by atoms with Gasteiger partial charge in [-0.25, -0.2) is 4.98 Å². The lowest BCUT2D eigenvalue weighted by Crippen LogP contribution is -2.36. The minimum Gasteiger partial charge on any atom is -0.350 e. The Labute approximate surface area is 216 Å². The standard InChI is InChI=1S/C27H33ClN4O2S/c1-5-31(6-2)17-27(3,4)19-7-10-21(11-8-19)32-16-18(13-24(32)33)15-29-25(34)26-30-22-14-20(28)9-12-23(22)35-26/h7-12,14,18H,5-6,13,15-17H2,1-4H3,(H,29,34). The van der Waals surface area contributed by atoms with E-state index < -0.39 is 0 Å². The smallest absolute Gasteiger partial charge is 0.280 e. The number of hydrogen-bond donors (Lipinski definition) is 1. The average molecular weight is 513 g/mol. The zero-order valence-corrected chi connectivity index (χ0v) is 22.4. The first-order valence-corrected chi connectivity index (χ1v) is 13.4. The summed E-state index contributed by atoms with van der Waals surface area (Å²) in [5.41, 5.74) is 2.92. The molecule has 8 heteroatoms. The maximum atomic E-state index is 12.7. The van der Waals surface area contributed by atoms with Gasteiger partial charge in [-0.15, -0.1) is 11.3 Å². The second-order valence-corrected chi connectivity index (χ2v) is 11.3. The molecule has 3 aromatic rings. The Balaban J connectivity index is 1.35. The Bertz CT molecular complexity index is 1200. The lowest BCUT2D eigenvalue weighted by atomic mass is 9.84. The van der Waals surface area contributed by atoms with Crippen molar-refractivity contribution in [2.75, 3.05) is 37.6 Å². The van der Waals surface area contributed by atoms with E-state index in [1.807, 2.05) is 23.1 Å². The molecule has 0 bridgehead atoms. The first kappa shape index (κ1) is 25.6. The number of carbonyl (C=O) groups excluding carboxylic acids is 2. The third kappa shape index (κ3) is 5.85. The van der Waals surface area contributed by atoms with Gasteiger partial charge in [0.25, 0.3) is 5.91 Å². The fourth-order valence-corrected chi connectivity index (χ4v) is 5.70. The highest BCUT2D eigenvalue weighted by atomic mass is 35.5. The van der Waals surface area contributed by atoms with Crippen molar-refractivity contribution in [2.45, 2.75) is 39.5 Å². The summed E-state index contributed by atoms with van der Waals surface area (Å²) >= 11 is 7.36. The fraction of sp³-hybridized carbons (Fsp3) is 0.444. The second kappa shape index (κ2) is 10.6. The van der Waals surface area contributed by atoms with Crippen molar-refractivity contribution in [3.63, 3.8) is 0 Å². The van der Waals surface area contributed by atoms with E-state index in [0.29, 0.717) is 29.5 Å². The van der Waals surface area contributed by atoms with Crippen LogP contribution in [0.4, 0.5) is 5.69 Å². The van der Waals surface area contributed by atoms with Gasteiger partial charge in [0, 0.05) is 48.1 Å². The highest BCUT2D eigenvalue weighted by Gasteiger charge is 2.31. The Kier molecular flexibility index (Phi) is 7.79. The van der Waals surface area contributed by atoms with Crippen molar-refractivity contribution in [3.8, 4) is 0 Å². The van der Waals surface area contributed by atoms with Gasteiger partial charge in [0.2, 0.25) is 5.91 Å². The number of fused-ring (bicyclic) bond motifs is 1. The van der Waals surface area contributed by atoms with E-state index in [-0.39, 0.29) is 23.1 Å². The molecule has 1 saturated heterocycles. The molecule has 4 rings (SSSR count). The van der Waals surface area contributed by atoms with Gasteiger partial charge < -0.3 is 15.1 Å². The fourth-order valence-electron chi connectivity index (χ4n) is 4.67. The van der Waals surface area contributed by atoms with Crippen LogP contribution >= 0.6 is 22.9 Å². The summed E-state index contributed by atoms with van der Waals surface area (Å²) in [7, 11) is 0. The topological polar surface area (TPSA) is 65.5 Å². The van der Waals surface area contributed by atoms with E-state index in [9.17, 15) is 9.59 Å². The molecule has 6 nitrogen and oxygen atoms in total. The van der Waals surface area contributed by atoms with Crippen LogP contribution in [0.25, 0.3) is 10.2 Å². The van der Waals surface area contributed by atoms with Gasteiger partial charge in [-0.1, -0.05) is 51.4 Å². The largest absolute Gasteiger partial charge is 0.350 e. The van der Waals surface area contributed by atoms with Gasteiger partial charge in [0.05, 0.1) is 10.2 Å². The number of thiazole rings is 1. The summed E-state index contributed by atoms with van der Waals surface area (Å²) in [4.78, 5) is 34.0. The molecular weight excluding hydrogens is 480 g/mol. The summed E-state index contributed by atoms with van der Waals surface area (Å²) in [6.45, 7) is 13.0. The minimum absolute atomic E-state index is 0.0261. The molecule has 1 N–H and O–H groups in total. The van der Waals surface area contributed by atoms with Crippen LogP contribution in [-0.2, 0) is 10.2 Å².